The van der Waals surface area contributed by atoms with E-state index in [1.807, 2.05) is 18.2 Å². The van der Waals surface area contributed by atoms with Crippen molar-refractivity contribution in [3.05, 3.63) is 41.2 Å². The van der Waals surface area contributed by atoms with Crippen LogP contribution in [0.4, 0.5) is 5.13 Å². The van der Waals surface area contributed by atoms with Crippen LogP contribution in [0.1, 0.15) is 37.2 Å². The first kappa shape index (κ1) is 20.1. The molecular weight excluding hydrogens is 384 g/mol. The number of piperazine rings is 1. The molecule has 0 saturated carbocycles. The Kier molecular flexibility index (Phi) is 6.01. The summed E-state index contributed by atoms with van der Waals surface area (Å²) in [6.45, 7) is 8.92. The molecule has 2 aliphatic rings. The zero-order chi connectivity index (χ0) is 20.3. The van der Waals surface area contributed by atoms with Crippen LogP contribution >= 0.6 is 11.5 Å². The number of hydrogen-bond donors (Lipinski definition) is 2. The van der Waals surface area contributed by atoms with Crippen molar-refractivity contribution in [3.8, 4) is 0 Å². The summed E-state index contributed by atoms with van der Waals surface area (Å²) in [4.78, 5) is 14.0. The van der Waals surface area contributed by atoms with E-state index in [0.717, 1.165) is 74.5 Å². The van der Waals surface area contributed by atoms with Gasteiger partial charge in [0.05, 0.1) is 6.54 Å². The van der Waals surface area contributed by atoms with E-state index in [1.54, 1.807) is 0 Å². The second-order valence-electron chi connectivity index (χ2n) is 7.68. The highest BCUT2D eigenvalue weighted by molar-refractivity contribution is 7.09. The smallest absolute Gasteiger partial charge is 0.205 e. The van der Waals surface area contributed by atoms with Gasteiger partial charge >= 0.3 is 0 Å². The SMILES string of the molecule is CCNC(=NCC1(O)CCc2ccccc21)N1CCN(c2nc(CC)ns2)CC1. The van der Waals surface area contributed by atoms with Gasteiger partial charge in [-0.15, -0.1) is 0 Å². The third-order valence-electron chi connectivity index (χ3n) is 5.78. The summed E-state index contributed by atoms with van der Waals surface area (Å²) in [5.41, 5.74) is 1.42. The summed E-state index contributed by atoms with van der Waals surface area (Å²) in [7, 11) is 0. The third kappa shape index (κ3) is 4.23. The lowest BCUT2D eigenvalue weighted by atomic mass is 9.96. The van der Waals surface area contributed by atoms with Gasteiger partial charge in [0.15, 0.2) is 5.96 Å². The first-order valence-corrected chi connectivity index (χ1v) is 11.3. The maximum atomic E-state index is 11.2. The Labute approximate surface area is 176 Å². The molecule has 4 rings (SSSR count). The Morgan fingerprint density at radius 1 is 1.24 bits per heavy atom. The van der Waals surface area contributed by atoms with Crippen molar-refractivity contribution in [2.75, 3.05) is 44.2 Å². The molecule has 1 aromatic heterocycles. The minimum Gasteiger partial charge on any atom is -0.383 e. The highest BCUT2D eigenvalue weighted by Gasteiger charge is 2.36. The Hall–Kier alpha value is -2.19. The van der Waals surface area contributed by atoms with Gasteiger partial charge in [0.25, 0.3) is 0 Å². The van der Waals surface area contributed by atoms with Crippen LogP contribution in [0.5, 0.6) is 0 Å². The molecule has 7 nitrogen and oxygen atoms in total. The van der Waals surface area contributed by atoms with Crippen LogP contribution in [0.25, 0.3) is 0 Å². The number of fused-ring (bicyclic) bond motifs is 1. The van der Waals surface area contributed by atoms with Gasteiger partial charge in [-0.05, 0) is 30.9 Å². The summed E-state index contributed by atoms with van der Waals surface area (Å²) in [5, 5.41) is 15.6. The fraction of sp³-hybridized carbons (Fsp3) is 0.571. The average molecular weight is 415 g/mol. The van der Waals surface area contributed by atoms with Crippen molar-refractivity contribution in [1.82, 2.24) is 19.6 Å². The van der Waals surface area contributed by atoms with Gasteiger partial charge in [-0.1, -0.05) is 31.2 Å². The fourth-order valence-corrected chi connectivity index (χ4v) is 4.89. The quantitative estimate of drug-likeness (QED) is 0.576. The second kappa shape index (κ2) is 8.67. The molecule has 2 aromatic rings. The maximum Gasteiger partial charge on any atom is 0.205 e. The van der Waals surface area contributed by atoms with Crippen LogP contribution in [0.15, 0.2) is 29.3 Å². The Morgan fingerprint density at radius 2 is 2.03 bits per heavy atom. The summed E-state index contributed by atoms with van der Waals surface area (Å²) in [5.74, 6) is 1.81. The zero-order valence-electron chi connectivity index (χ0n) is 17.3. The Morgan fingerprint density at radius 3 is 2.76 bits per heavy atom. The van der Waals surface area contributed by atoms with Gasteiger partial charge < -0.3 is 20.2 Å². The van der Waals surface area contributed by atoms with Gasteiger partial charge in [-0.25, -0.2) is 9.98 Å². The van der Waals surface area contributed by atoms with Crippen molar-refractivity contribution in [2.45, 2.75) is 38.7 Å². The van der Waals surface area contributed by atoms with Crippen LogP contribution in [0.2, 0.25) is 0 Å². The van der Waals surface area contributed by atoms with E-state index in [1.165, 1.54) is 17.1 Å². The standard InChI is InChI=1S/C21H30N6OS/c1-3-18-24-20(29-25-18)27-13-11-26(12-14-27)19(22-4-2)23-15-21(28)10-9-16-7-5-6-8-17(16)21/h5-8,28H,3-4,9-15H2,1-2H3,(H,22,23). The maximum absolute atomic E-state index is 11.2. The van der Waals surface area contributed by atoms with E-state index in [9.17, 15) is 5.11 Å². The van der Waals surface area contributed by atoms with E-state index in [4.69, 9.17) is 4.99 Å². The van der Waals surface area contributed by atoms with Crippen molar-refractivity contribution < 1.29 is 5.11 Å². The molecule has 29 heavy (non-hydrogen) atoms. The number of rotatable bonds is 5. The van der Waals surface area contributed by atoms with Crippen molar-refractivity contribution in [1.29, 1.82) is 0 Å². The van der Waals surface area contributed by atoms with Gasteiger partial charge in [0.2, 0.25) is 5.13 Å². The average Bonchev–Trinajstić information content (AvgIpc) is 3.37. The van der Waals surface area contributed by atoms with E-state index < -0.39 is 5.60 Å². The van der Waals surface area contributed by atoms with Crippen LogP contribution in [0, 0.1) is 0 Å². The molecule has 0 spiro atoms. The molecule has 1 fully saturated rings. The fourth-order valence-electron chi connectivity index (χ4n) is 4.09. The molecule has 2 heterocycles. The molecule has 1 atom stereocenters. The molecule has 0 radical (unpaired) electrons. The van der Waals surface area contributed by atoms with Crippen molar-refractivity contribution >= 4 is 22.6 Å². The molecule has 8 heteroatoms. The lowest BCUT2D eigenvalue weighted by Gasteiger charge is -2.36. The molecule has 156 valence electrons. The van der Waals surface area contributed by atoms with E-state index in [-0.39, 0.29) is 0 Å². The number of anilines is 1. The normalized spacial score (nSPS) is 22.1. The molecule has 1 aliphatic heterocycles. The number of aryl methyl sites for hydroxylation is 2. The highest BCUT2D eigenvalue weighted by Crippen LogP contribution is 2.36. The monoisotopic (exact) mass is 414 g/mol. The van der Waals surface area contributed by atoms with Crippen molar-refractivity contribution in [2.24, 2.45) is 4.99 Å². The third-order valence-corrected chi connectivity index (χ3v) is 6.59. The highest BCUT2D eigenvalue weighted by atomic mass is 32.1. The molecule has 0 bridgehead atoms. The predicted molar refractivity (Wildman–Crippen MR) is 118 cm³/mol. The predicted octanol–water partition coefficient (Wildman–Crippen LogP) is 2.02. The van der Waals surface area contributed by atoms with Crippen LogP contribution in [0.3, 0.4) is 0 Å². The van der Waals surface area contributed by atoms with E-state index in [2.05, 4.69) is 44.4 Å². The van der Waals surface area contributed by atoms with Crippen LogP contribution < -0.4 is 10.2 Å². The lowest BCUT2D eigenvalue weighted by Crippen LogP contribution is -2.53. The largest absolute Gasteiger partial charge is 0.383 e. The Balaban J connectivity index is 1.42. The first-order valence-electron chi connectivity index (χ1n) is 10.5. The topological polar surface area (TPSA) is 76.9 Å². The lowest BCUT2D eigenvalue weighted by molar-refractivity contribution is 0.0482. The van der Waals surface area contributed by atoms with Crippen LogP contribution in [-0.2, 0) is 18.4 Å². The van der Waals surface area contributed by atoms with E-state index in [0.29, 0.717) is 6.54 Å². The number of guanidine groups is 1. The second-order valence-corrected chi connectivity index (χ2v) is 8.41. The number of benzene rings is 1. The molecule has 1 aliphatic carbocycles. The number of hydrogen-bond acceptors (Lipinski definition) is 6. The molecule has 0 amide bonds. The summed E-state index contributed by atoms with van der Waals surface area (Å²) in [6.07, 6.45) is 2.53. The summed E-state index contributed by atoms with van der Waals surface area (Å²) >= 11 is 1.49. The van der Waals surface area contributed by atoms with Crippen LogP contribution in [-0.4, -0.2) is 64.6 Å². The molecule has 1 unspecified atom stereocenters. The molecular formula is C21H30N6OS. The Bertz CT molecular complexity index is 860. The number of aliphatic hydroxyl groups is 1. The van der Waals surface area contributed by atoms with Gasteiger partial charge in [-0.3, -0.25) is 0 Å². The van der Waals surface area contributed by atoms with Gasteiger partial charge in [-0.2, -0.15) is 4.37 Å². The number of nitrogens with one attached hydrogen (secondary N) is 1. The van der Waals surface area contributed by atoms with Crippen molar-refractivity contribution in [3.63, 3.8) is 0 Å². The number of nitrogens with zero attached hydrogens (tertiary/aromatic N) is 5. The van der Waals surface area contributed by atoms with E-state index >= 15 is 0 Å². The summed E-state index contributed by atoms with van der Waals surface area (Å²) < 4.78 is 4.40. The molecule has 1 aromatic carbocycles. The minimum atomic E-state index is -0.859. The van der Waals surface area contributed by atoms with Gasteiger partial charge in [0.1, 0.15) is 11.4 Å². The molecule has 2 N–H and O–H groups in total. The summed E-state index contributed by atoms with van der Waals surface area (Å²) in [6, 6.07) is 8.19. The number of aliphatic imine (C=N–C) groups is 1. The van der Waals surface area contributed by atoms with Gasteiger partial charge in [0, 0.05) is 50.7 Å². The minimum absolute atomic E-state index is 0.392. The number of aromatic nitrogens is 2. The zero-order valence-corrected chi connectivity index (χ0v) is 18.1. The first-order chi connectivity index (χ1) is 14.1. The molecule has 1 saturated heterocycles.